The minimum atomic E-state index is 0.580. The summed E-state index contributed by atoms with van der Waals surface area (Å²) in [6, 6.07) is 5.65. The Morgan fingerprint density at radius 3 is 3.00 bits per heavy atom. The fraction of sp³-hybridized carbons (Fsp3) is 0.125. The van der Waals surface area contributed by atoms with Crippen molar-refractivity contribution in [2.45, 2.75) is 6.92 Å². The summed E-state index contributed by atoms with van der Waals surface area (Å²) in [5.41, 5.74) is 0.580. The molecule has 0 unspecified atom stereocenters. The molecule has 0 saturated heterocycles. The van der Waals surface area contributed by atoms with E-state index >= 15 is 0 Å². The van der Waals surface area contributed by atoms with Crippen molar-refractivity contribution in [1.82, 2.24) is 14.8 Å². The Hall–Kier alpha value is -1.67. The normalized spacial score (nSPS) is 9.85. The number of aromatic nitrogens is 3. The van der Waals surface area contributed by atoms with Gasteiger partial charge in [-0.25, -0.2) is 0 Å². The first kappa shape index (κ1) is 7.95. The SMILES string of the molecule is Cc1nnc(-n2cccc2C#N)s1. The van der Waals surface area contributed by atoms with Crippen LogP contribution in [0.3, 0.4) is 0 Å². The molecule has 2 rings (SSSR count). The van der Waals surface area contributed by atoms with Crippen LogP contribution in [-0.4, -0.2) is 14.8 Å². The number of rotatable bonds is 1. The highest BCUT2D eigenvalue weighted by Crippen LogP contribution is 2.15. The van der Waals surface area contributed by atoms with Crippen LogP contribution in [0.2, 0.25) is 0 Å². The fourth-order valence-corrected chi connectivity index (χ4v) is 1.71. The second-order valence-electron chi connectivity index (χ2n) is 2.48. The molecule has 5 heteroatoms. The summed E-state index contributed by atoms with van der Waals surface area (Å²) < 4.78 is 1.73. The van der Waals surface area contributed by atoms with Crippen molar-refractivity contribution >= 4 is 11.3 Å². The first-order valence-corrected chi connectivity index (χ1v) is 4.51. The topological polar surface area (TPSA) is 54.5 Å². The molecule has 13 heavy (non-hydrogen) atoms. The first-order chi connectivity index (χ1) is 6.31. The molecule has 0 spiro atoms. The van der Waals surface area contributed by atoms with Crippen molar-refractivity contribution in [2.24, 2.45) is 0 Å². The third-order valence-corrected chi connectivity index (χ3v) is 2.42. The summed E-state index contributed by atoms with van der Waals surface area (Å²) in [5.74, 6) is 0. The molecule has 2 heterocycles. The second-order valence-corrected chi connectivity index (χ2v) is 3.64. The van der Waals surface area contributed by atoms with Crippen LogP contribution in [0.5, 0.6) is 0 Å². The zero-order valence-corrected chi connectivity index (χ0v) is 7.75. The van der Waals surface area contributed by atoms with Crippen LogP contribution in [0.4, 0.5) is 0 Å². The van der Waals surface area contributed by atoms with Gasteiger partial charge in [0.15, 0.2) is 0 Å². The maximum Gasteiger partial charge on any atom is 0.217 e. The highest BCUT2D eigenvalue weighted by Gasteiger charge is 2.05. The van der Waals surface area contributed by atoms with Crippen LogP contribution in [0, 0.1) is 18.3 Å². The molecule has 0 fully saturated rings. The van der Waals surface area contributed by atoms with E-state index in [1.165, 1.54) is 11.3 Å². The molecule has 0 saturated carbocycles. The van der Waals surface area contributed by atoms with Crippen LogP contribution >= 0.6 is 11.3 Å². The van der Waals surface area contributed by atoms with E-state index in [-0.39, 0.29) is 0 Å². The molecule has 0 radical (unpaired) electrons. The van der Waals surface area contributed by atoms with Crippen molar-refractivity contribution < 1.29 is 0 Å². The molecule has 64 valence electrons. The van der Waals surface area contributed by atoms with Gasteiger partial charge in [0.2, 0.25) is 5.13 Å². The third kappa shape index (κ3) is 1.32. The second kappa shape index (κ2) is 2.99. The number of nitrogens with zero attached hydrogens (tertiary/aromatic N) is 4. The largest absolute Gasteiger partial charge is 0.282 e. The van der Waals surface area contributed by atoms with Gasteiger partial charge in [0.1, 0.15) is 16.8 Å². The van der Waals surface area contributed by atoms with Gasteiger partial charge in [0.25, 0.3) is 0 Å². The Balaban J connectivity index is 2.53. The molecular formula is C8H6N4S. The van der Waals surface area contributed by atoms with Gasteiger partial charge < -0.3 is 0 Å². The number of hydrogen-bond acceptors (Lipinski definition) is 4. The Bertz CT molecular complexity index is 462. The van der Waals surface area contributed by atoms with Gasteiger partial charge in [-0.05, 0) is 19.1 Å². The van der Waals surface area contributed by atoms with Crippen LogP contribution < -0.4 is 0 Å². The zero-order valence-electron chi connectivity index (χ0n) is 6.93. The van der Waals surface area contributed by atoms with Gasteiger partial charge in [-0.1, -0.05) is 11.3 Å². The monoisotopic (exact) mass is 190 g/mol. The summed E-state index contributed by atoms with van der Waals surface area (Å²) in [5, 5.41) is 18.2. The van der Waals surface area contributed by atoms with E-state index in [2.05, 4.69) is 16.3 Å². The van der Waals surface area contributed by atoms with Crippen molar-refractivity contribution in [2.75, 3.05) is 0 Å². The number of hydrogen-bond donors (Lipinski definition) is 0. The lowest BCUT2D eigenvalue weighted by Crippen LogP contribution is -1.93. The molecule has 0 bridgehead atoms. The van der Waals surface area contributed by atoms with Crippen LogP contribution in [0.15, 0.2) is 18.3 Å². The van der Waals surface area contributed by atoms with Gasteiger partial charge in [-0.15, -0.1) is 10.2 Å². The average Bonchev–Trinajstić information content (AvgIpc) is 2.71. The quantitative estimate of drug-likeness (QED) is 0.684. The van der Waals surface area contributed by atoms with Gasteiger partial charge in [0, 0.05) is 6.20 Å². The van der Waals surface area contributed by atoms with E-state index in [0.717, 1.165) is 10.1 Å². The Morgan fingerprint density at radius 1 is 1.54 bits per heavy atom. The highest BCUT2D eigenvalue weighted by atomic mass is 32.1. The van der Waals surface area contributed by atoms with Crippen LogP contribution in [0.25, 0.3) is 5.13 Å². The average molecular weight is 190 g/mol. The van der Waals surface area contributed by atoms with Crippen LogP contribution in [-0.2, 0) is 0 Å². The van der Waals surface area contributed by atoms with E-state index < -0.39 is 0 Å². The zero-order chi connectivity index (χ0) is 9.26. The summed E-state index contributed by atoms with van der Waals surface area (Å²) in [6.07, 6.45) is 1.80. The van der Waals surface area contributed by atoms with Gasteiger partial charge in [-0.3, -0.25) is 4.57 Å². The number of aryl methyl sites for hydroxylation is 1. The maximum atomic E-state index is 8.76. The molecule has 0 aliphatic rings. The van der Waals surface area contributed by atoms with E-state index in [1.807, 2.05) is 13.0 Å². The minimum absolute atomic E-state index is 0.580. The van der Waals surface area contributed by atoms with E-state index in [1.54, 1.807) is 16.8 Å². The summed E-state index contributed by atoms with van der Waals surface area (Å²) in [6.45, 7) is 1.89. The van der Waals surface area contributed by atoms with Gasteiger partial charge >= 0.3 is 0 Å². The first-order valence-electron chi connectivity index (χ1n) is 3.69. The molecule has 2 aromatic heterocycles. The van der Waals surface area contributed by atoms with Gasteiger partial charge in [0.05, 0.1) is 0 Å². The van der Waals surface area contributed by atoms with Crippen molar-refractivity contribution in [3.63, 3.8) is 0 Å². The van der Waals surface area contributed by atoms with E-state index in [9.17, 15) is 0 Å². The predicted octanol–water partition coefficient (Wildman–Crippen LogP) is 1.51. The molecule has 2 aromatic rings. The van der Waals surface area contributed by atoms with Crippen molar-refractivity contribution in [1.29, 1.82) is 5.26 Å². The molecule has 0 N–H and O–H groups in total. The minimum Gasteiger partial charge on any atom is -0.282 e. The Morgan fingerprint density at radius 2 is 2.38 bits per heavy atom. The van der Waals surface area contributed by atoms with E-state index in [4.69, 9.17) is 5.26 Å². The summed E-state index contributed by atoms with van der Waals surface area (Å²) in [4.78, 5) is 0. The van der Waals surface area contributed by atoms with Crippen LogP contribution in [0.1, 0.15) is 10.7 Å². The molecule has 4 nitrogen and oxygen atoms in total. The molecule has 0 aliphatic heterocycles. The van der Waals surface area contributed by atoms with E-state index in [0.29, 0.717) is 5.69 Å². The Kier molecular flexibility index (Phi) is 1.83. The molecule has 0 atom stereocenters. The number of nitriles is 1. The standard InChI is InChI=1S/C8H6N4S/c1-6-10-11-8(13-6)12-4-2-3-7(12)5-9/h2-4H,1H3. The lowest BCUT2D eigenvalue weighted by Gasteiger charge is -1.95. The van der Waals surface area contributed by atoms with Crippen molar-refractivity contribution in [3.05, 3.63) is 29.0 Å². The summed E-state index contributed by atoms with van der Waals surface area (Å²) >= 11 is 1.46. The maximum absolute atomic E-state index is 8.76. The molecule has 0 aromatic carbocycles. The summed E-state index contributed by atoms with van der Waals surface area (Å²) in [7, 11) is 0. The molecule has 0 amide bonds. The third-order valence-electron chi connectivity index (χ3n) is 1.58. The molecular weight excluding hydrogens is 184 g/mol. The smallest absolute Gasteiger partial charge is 0.217 e. The fourth-order valence-electron chi connectivity index (χ4n) is 1.02. The lowest BCUT2D eigenvalue weighted by molar-refractivity contribution is 0.949. The lowest BCUT2D eigenvalue weighted by atomic mass is 10.5. The van der Waals surface area contributed by atoms with Crippen molar-refractivity contribution in [3.8, 4) is 11.2 Å². The highest BCUT2D eigenvalue weighted by molar-refractivity contribution is 7.13. The Labute approximate surface area is 79.1 Å². The molecule has 0 aliphatic carbocycles. The predicted molar refractivity (Wildman–Crippen MR) is 48.7 cm³/mol. The van der Waals surface area contributed by atoms with Gasteiger partial charge in [-0.2, -0.15) is 5.26 Å².